The van der Waals surface area contributed by atoms with Crippen LogP contribution in [0.1, 0.15) is 5.48 Å². The van der Waals surface area contributed by atoms with E-state index in [9.17, 15) is 10.1 Å². The molecule has 4 nitrogen and oxygen atoms in total. The molecule has 4 heteroatoms. The van der Waals surface area contributed by atoms with E-state index >= 15 is 0 Å². The molecule has 0 bridgehead atoms. The minimum Gasteiger partial charge on any atom is -0.393 e. The summed E-state index contributed by atoms with van der Waals surface area (Å²) in [6.45, 7) is 0. The molecule has 0 fully saturated rings. The SMILES string of the molecule is [2H]c1c([2H])c([2H])c([N+](=O)[O-])c(N)c1[2H]. The molecule has 0 aliphatic rings. The van der Waals surface area contributed by atoms with E-state index in [4.69, 9.17) is 11.2 Å². The number of nitrogens with two attached hydrogens (primary N) is 1. The van der Waals surface area contributed by atoms with E-state index in [-0.39, 0.29) is 0 Å². The smallest absolute Gasteiger partial charge is 0.292 e. The van der Waals surface area contributed by atoms with Gasteiger partial charge in [-0.1, -0.05) is 12.1 Å². The van der Waals surface area contributed by atoms with Crippen LogP contribution in [-0.4, -0.2) is 4.92 Å². The average molecular weight is 142 g/mol. The Labute approximate surface area is 63.0 Å². The first-order valence-corrected chi connectivity index (χ1v) is 2.38. The van der Waals surface area contributed by atoms with Crippen molar-refractivity contribution in [3.63, 3.8) is 0 Å². The zero-order chi connectivity index (χ0) is 11.0. The van der Waals surface area contributed by atoms with E-state index in [1.165, 1.54) is 0 Å². The van der Waals surface area contributed by atoms with Gasteiger partial charge in [-0.15, -0.1) is 0 Å². The Balaban J connectivity index is 3.68. The predicted molar refractivity (Wildman–Crippen MR) is 37.5 cm³/mol. The lowest BCUT2D eigenvalue weighted by Crippen LogP contribution is -1.93. The van der Waals surface area contributed by atoms with Crippen molar-refractivity contribution in [1.82, 2.24) is 0 Å². The number of nitro benzene ring substituents is 1. The second-order valence-corrected chi connectivity index (χ2v) is 1.52. The molecular formula is C6H6N2O2. The molecule has 0 aromatic heterocycles. The second-order valence-electron chi connectivity index (χ2n) is 1.52. The highest BCUT2D eigenvalue weighted by molar-refractivity contribution is 5.57. The summed E-state index contributed by atoms with van der Waals surface area (Å²) in [6.07, 6.45) is 0. The van der Waals surface area contributed by atoms with Crippen LogP contribution < -0.4 is 5.73 Å². The number of nitro groups is 1. The molecule has 0 atom stereocenters. The summed E-state index contributed by atoms with van der Waals surface area (Å²) in [4.78, 5) is 9.51. The Kier molecular flexibility index (Phi) is 0.705. The molecule has 0 saturated carbocycles. The van der Waals surface area contributed by atoms with Crippen LogP contribution in [0.4, 0.5) is 11.4 Å². The van der Waals surface area contributed by atoms with Gasteiger partial charge < -0.3 is 5.73 Å². The normalized spacial score (nSPS) is 14.8. The Hall–Kier alpha value is -1.58. The highest BCUT2D eigenvalue weighted by Gasteiger charge is 2.07. The minimum atomic E-state index is -0.923. The van der Waals surface area contributed by atoms with Gasteiger partial charge in [-0.25, -0.2) is 0 Å². The van der Waals surface area contributed by atoms with Crippen LogP contribution in [0.15, 0.2) is 24.2 Å². The number of anilines is 1. The Morgan fingerprint density at radius 2 is 2.20 bits per heavy atom. The lowest BCUT2D eigenvalue weighted by Gasteiger charge is -1.92. The largest absolute Gasteiger partial charge is 0.393 e. The number of benzene rings is 1. The summed E-state index contributed by atoms with van der Waals surface area (Å²) in [5.74, 6) is 0. The van der Waals surface area contributed by atoms with Gasteiger partial charge in [-0.2, -0.15) is 0 Å². The summed E-state index contributed by atoms with van der Waals surface area (Å²) >= 11 is 0. The van der Waals surface area contributed by atoms with Crippen LogP contribution in [-0.2, 0) is 0 Å². The van der Waals surface area contributed by atoms with Crippen molar-refractivity contribution in [2.24, 2.45) is 0 Å². The van der Waals surface area contributed by atoms with Gasteiger partial charge in [0, 0.05) is 6.04 Å². The molecule has 52 valence electrons. The number of nitrogen functional groups attached to an aromatic ring is 1. The summed E-state index contributed by atoms with van der Waals surface area (Å²) in [7, 11) is 0. The predicted octanol–water partition coefficient (Wildman–Crippen LogP) is 1.18. The van der Waals surface area contributed by atoms with E-state index in [1.807, 2.05) is 0 Å². The molecule has 0 unspecified atom stereocenters. The summed E-state index contributed by atoms with van der Waals surface area (Å²) in [5.41, 5.74) is 3.88. The zero-order valence-electron chi connectivity index (χ0n) is 8.84. The van der Waals surface area contributed by atoms with Crippen molar-refractivity contribution in [3.05, 3.63) is 34.3 Å². The molecule has 0 radical (unpaired) electrons. The second kappa shape index (κ2) is 2.34. The van der Waals surface area contributed by atoms with E-state index in [1.54, 1.807) is 0 Å². The highest BCUT2D eigenvalue weighted by atomic mass is 16.6. The maximum absolute atomic E-state index is 10.4. The van der Waals surface area contributed by atoms with Crippen LogP contribution in [0.2, 0.25) is 0 Å². The highest BCUT2D eigenvalue weighted by Crippen LogP contribution is 2.18. The third kappa shape index (κ3) is 1.05. The number of nitrogens with zero attached hydrogens (tertiary/aromatic N) is 1. The third-order valence-electron chi connectivity index (χ3n) is 0.878. The first kappa shape index (κ1) is 3.01. The molecule has 0 saturated heterocycles. The molecule has 2 N–H and O–H groups in total. The molecule has 1 aromatic carbocycles. The quantitative estimate of drug-likeness (QED) is 0.363. The van der Waals surface area contributed by atoms with Gasteiger partial charge in [0.25, 0.3) is 5.69 Å². The van der Waals surface area contributed by atoms with Gasteiger partial charge in [-0.3, -0.25) is 10.1 Å². The van der Waals surface area contributed by atoms with E-state index in [0.29, 0.717) is 0 Å². The van der Waals surface area contributed by atoms with Crippen LogP contribution >= 0.6 is 0 Å². The maximum Gasteiger partial charge on any atom is 0.292 e. The van der Waals surface area contributed by atoms with Crippen LogP contribution in [0.5, 0.6) is 0 Å². The van der Waals surface area contributed by atoms with Crippen LogP contribution in [0.3, 0.4) is 0 Å². The van der Waals surface area contributed by atoms with Gasteiger partial charge >= 0.3 is 0 Å². The molecule has 0 amide bonds. The van der Waals surface area contributed by atoms with Gasteiger partial charge in [0.1, 0.15) is 5.69 Å². The fourth-order valence-electron chi connectivity index (χ4n) is 0.460. The van der Waals surface area contributed by atoms with Crippen molar-refractivity contribution < 1.29 is 10.4 Å². The van der Waals surface area contributed by atoms with E-state index < -0.39 is 40.5 Å². The summed E-state index contributed by atoms with van der Waals surface area (Å²) < 4.78 is 28.7. The first-order chi connectivity index (χ1) is 6.37. The number of para-hydroxylation sites is 2. The van der Waals surface area contributed by atoms with E-state index in [2.05, 4.69) is 0 Å². The van der Waals surface area contributed by atoms with Gasteiger partial charge in [0.2, 0.25) is 0 Å². The van der Waals surface area contributed by atoms with Gasteiger partial charge in [-0.05, 0) is 6.04 Å². The third-order valence-corrected chi connectivity index (χ3v) is 0.878. The number of rotatable bonds is 1. The lowest BCUT2D eigenvalue weighted by molar-refractivity contribution is -0.383. The monoisotopic (exact) mass is 142 g/mol. The van der Waals surface area contributed by atoms with Crippen molar-refractivity contribution >= 4 is 11.4 Å². The Morgan fingerprint density at radius 3 is 2.80 bits per heavy atom. The van der Waals surface area contributed by atoms with Crippen LogP contribution in [0.25, 0.3) is 0 Å². The Bertz CT molecular complexity index is 392. The van der Waals surface area contributed by atoms with Gasteiger partial charge in [0.15, 0.2) is 0 Å². The molecular weight excluding hydrogens is 132 g/mol. The lowest BCUT2D eigenvalue weighted by atomic mass is 10.3. The molecule has 1 aromatic rings. The number of hydrogen-bond acceptors (Lipinski definition) is 3. The molecule has 0 heterocycles. The first-order valence-electron chi connectivity index (χ1n) is 4.38. The van der Waals surface area contributed by atoms with Crippen molar-refractivity contribution in [2.75, 3.05) is 5.73 Å². The standard InChI is InChI=1S/C6H6N2O2/c7-5-3-1-2-4-6(5)8(9)10/h1-4H,7H2/i1D,2D,3D,4D. The molecule has 0 aliphatic carbocycles. The fraction of sp³-hybridized carbons (Fsp3) is 0. The molecule has 10 heavy (non-hydrogen) atoms. The molecule has 0 aliphatic heterocycles. The molecule has 0 spiro atoms. The topological polar surface area (TPSA) is 69.2 Å². The van der Waals surface area contributed by atoms with Crippen molar-refractivity contribution in [1.29, 1.82) is 0 Å². The fourth-order valence-corrected chi connectivity index (χ4v) is 0.460. The average Bonchev–Trinajstić information content (AvgIpc) is 2.11. The Morgan fingerprint density at radius 1 is 1.60 bits per heavy atom. The van der Waals surface area contributed by atoms with E-state index in [0.717, 1.165) is 0 Å². The summed E-state index contributed by atoms with van der Waals surface area (Å²) in [5, 5.41) is 10.4. The van der Waals surface area contributed by atoms with Crippen LogP contribution in [0, 0.1) is 10.1 Å². The van der Waals surface area contributed by atoms with Gasteiger partial charge in [0.05, 0.1) is 10.4 Å². The molecule has 1 rings (SSSR count). The minimum absolute atomic E-state index is 0.541. The zero-order valence-corrected chi connectivity index (χ0v) is 4.84. The van der Waals surface area contributed by atoms with Crippen molar-refractivity contribution in [3.8, 4) is 0 Å². The summed E-state index contributed by atoms with van der Waals surface area (Å²) in [6, 6.07) is -2.54. The van der Waals surface area contributed by atoms with Crippen molar-refractivity contribution in [2.45, 2.75) is 0 Å². The maximum atomic E-state index is 10.4. The number of hydrogen-bond donors (Lipinski definition) is 1.